The van der Waals surface area contributed by atoms with Crippen LogP contribution in [0.25, 0.3) is 0 Å². The van der Waals surface area contributed by atoms with E-state index in [2.05, 4.69) is 48.8 Å². The highest BCUT2D eigenvalue weighted by atomic mass is 31.2. The summed E-state index contributed by atoms with van der Waals surface area (Å²) in [4.78, 5) is 42.7. The Bertz CT molecular complexity index is 879. The number of allylic oxidation sites excluding steroid dienone is 6. The number of phosphoric acid groups is 1. The smallest absolute Gasteiger partial charge is 0.462 e. The Morgan fingerprint density at radius 3 is 1.52 bits per heavy atom. The molecule has 2 N–H and O–H groups in total. The van der Waals surface area contributed by atoms with Crippen LogP contribution < -0.4 is 0 Å². The van der Waals surface area contributed by atoms with Gasteiger partial charge in [0.05, 0.1) is 6.61 Å². The normalized spacial score (nSPS) is 12.8. The Morgan fingerprint density at radius 2 is 0.979 bits per heavy atom. The highest BCUT2D eigenvalue weighted by molar-refractivity contribution is 7.46. The third kappa shape index (κ3) is 37.1. The summed E-state index contributed by atoms with van der Waals surface area (Å²) in [7, 11) is -4.76. The first-order chi connectivity index (χ1) is 23.3. The van der Waals surface area contributed by atoms with Crippen molar-refractivity contribution in [2.24, 2.45) is 0 Å². The van der Waals surface area contributed by atoms with Crippen LogP contribution in [-0.2, 0) is 28.2 Å². The fourth-order valence-corrected chi connectivity index (χ4v) is 5.60. The number of carbonyl (C=O) groups is 2. The van der Waals surface area contributed by atoms with Gasteiger partial charge in [0, 0.05) is 12.8 Å². The van der Waals surface area contributed by atoms with Crippen molar-refractivity contribution >= 4 is 19.8 Å². The first-order valence-corrected chi connectivity index (χ1v) is 20.8. The average molecular weight is 699 g/mol. The fraction of sp³-hybridized carbons (Fsp3) is 0.795. The van der Waals surface area contributed by atoms with Gasteiger partial charge in [-0.1, -0.05) is 147 Å². The second-order valence-corrected chi connectivity index (χ2v) is 14.1. The zero-order chi connectivity index (χ0) is 35.4. The Morgan fingerprint density at radius 1 is 0.542 bits per heavy atom. The molecule has 0 bridgehead atoms. The zero-order valence-electron chi connectivity index (χ0n) is 30.6. The molecule has 0 unspecified atom stereocenters. The number of ether oxygens (including phenoxy) is 2. The van der Waals surface area contributed by atoms with E-state index < -0.39 is 32.5 Å². The van der Waals surface area contributed by atoms with Gasteiger partial charge >= 0.3 is 19.8 Å². The van der Waals surface area contributed by atoms with Gasteiger partial charge < -0.3 is 19.3 Å². The summed E-state index contributed by atoms with van der Waals surface area (Å²) < 4.78 is 26.2. The van der Waals surface area contributed by atoms with Crippen molar-refractivity contribution in [2.75, 3.05) is 13.2 Å². The lowest BCUT2D eigenvalue weighted by Gasteiger charge is -2.18. The summed E-state index contributed by atoms with van der Waals surface area (Å²) in [5.74, 6) is -0.957. The Balaban J connectivity index is 4.02. The van der Waals surface area contributed by atoms with Crippen LogP contribution in [0.1, 0.15) is 181 Å². The van der Waals surface area contributed by atoms with Gasteiger partial charge in [0.1, 0.15) is 6.61 Å². The molecule has 0 rings (SSSR count). The van der Waals surface area contributed by atoms with Crippen LogP contribution in [0.2, 0.25) is 0 Å². The van der Waals surface area contributed by atoms with Crippen LogP contribution >= 0.6 is 7.82 Å². The van der Waals surface area contributed by atoms with E-state index in [1.165, 1.54) is 89.9 Å². The maximum atomic E-state index is 12.3. The molecule has 280 valence electrons. The summed E-state index contributed by atoms with van der Waals surface area (Å²) in [6, 6.07) is 0. The van der Waals surface area contributed by atoms with Crippen molar-refractivity contribution < 1.29 is 37.9 Å². The van der Waals surface area contributed by atoms with Crippen LogP contribution in [0.3, 0.4) is 0 Å². The lowest BCUT2D eigenvalue weighted by Crippen LogP contribution is -2.29. The molecule has 9 heteroatoms. The molecule has 0 spiro atoms. The molecule has 0 aliphatic carbocycles. The van der Waals surface area contributed by atoms with Crippen LogP contribution in [0.5, 0.6) is 0 Å². The Kier molecular flexibility index (Phi) is 33.8. The van der Waals surface area contributed by atoms with Gasteiger partial charge in [-0.05, 0) is 57.8 Å². The molecule has 0 aromatic rings. The molecular weight excluding hydrogens is 627 g/mol. The van der Waals surface area contributed by atoms with Gasteiger partial charge in [-0.25, -0.2) is 4.57 Å². The fourth-order valence-electron chi connectivity index (χ4n) is 5.24. The van der Waals surface area contributed by atoms with Gasteiger partial charge in [-0.15, -0.1) is 0 Å². The van der Waals surface area contributed by atoms with Crippen LogP contribution in [0.4, 0.5) is 0 Å². The van der Waals surface area contributed by atoms with Gasteiger partial charge in [-0.3, -0.25) is 14.1 Å². The molecule has 8 nitrogen and oxygen atoms in total. The zero-order valence-corrected chi connectivity index (χ0v) is 31.5. The van der Waals surface area contributed by atoms with Crippen molar-refractivity contribution in [1.29, 1.82) is 0 Å². The molecule has 0 aromatic carbocycles. The molecule has 0 saturated carbocycles. The van der Waals surface area contributed by atoms with Crippen LogP contribution in [-0.4, -0.2) is 41.0 Å². The maximum absolute atomic E-state index is 12.3. The minimum atomic E-state index is -4.76. The summed E-state index contributed by atoms with van der Waals surface area (Å²) in [5.41, 5.74) is 0. The minimum absolute atomic E-state index is 0.126. The highest BCUT2D eigenvalue weighted by Gasteiger charge is 2.22. The van der Waals surface area contributed by atoms with Crippen molar-refractivity contribution in [3.63, 3.8) is 0 Å². The van der Waals surface area contributed by atoms with E-state index in [4.69, 9.17) is 19.3 Å². The summed E-state index contributed by atoms with van der Waals surface area (Å²) in [6.07, 6.45) is 40.2. The first-order valence-electron chi connectivity index (χ1n) is 19.3. The molecule has 0 fully saturated rings. The number of unbranched alkanes of at least 4 members (excludes halogenated alkanes) is 19. The molecule has 48 heavy (non-hydrogen) atoms. The monoisotopic (exact) mass is 698 g/mol. The second kappa shape index (κ2) is 35.1. The highest BCUT2D eigenvalue weighted by Crippen LogP contribution is 2.36. The van der Waals surface area contributed by atoms with Crippen molar-refractivity contribution in [1.82, 2.24) is 0 Å². The van der Waals surface area contributed by atoms with E-state index in [-0.39, 0.29) is 19.4 Å². The third-order valence-corrected chi connectivity index (χ3v) is 8.63. The predicted molar refractivity (Wildman–Crippen MR) is 198 cm³/mol. The summed E-state index contributed by atoms with van der Waals surface area (Å²) >= 11 is 0. The van der Waals surface area contributed by atoms with Crippen LogP contribution in [0, 0.1) is 0 Å². The van der Waals surface area contributed by atoms with E-state index in [1.807, 2.05) is 6.08 Å². The molecule has 0 aliphatic rings. The maximum Gasteiger partial charge on any atom is 0.469 e. The molecular formula is C39H71O8P. The largest absolute Gasteiger partial charge is 0.469 e. The van der Waals surface area contributed by atoms with Gasteiger partial charge in [0.15, 0.2) is 6.10 Å². The van der Waals surface area contributed by atoms with E-state index in [9.17, 15) is 14.2 Å². The number of hydrogen-bond donors (Lipinski definition) is 2. The molecule has 0 aliphatic heterocycles. The van der Waals surface area contributed by atoms with Gasteiger partial charge in [-0.2, -0.15) is 0 Å². The van der Waals surface area contributed by atoms with E-state index in [1.54, 1.807) is 0 Å². The average Bonchev–Trinajstić information content (AvgIpc) is 3.05. The third-order valence-electron chi connectivity index (χ3n) is 8.14. The molecule has 0 heterocycles. The number of carbonyl (C=O) groups excluding carboxylic acids is 2. The van der Waals surface area contributed by atoms with Gasteiger partial charge in [0.25, 0.3) is 0 Å². The topological polar surface area (TPSA) is 119 Å². The SMILES string of the molecule is CCCCC/C=C/C/C=C/CCCCCCCC(=O)OC[C@H](COP(=O)(O)O)OC(=O)CC/C=C/CCCCCCCCCCCCC. The molecule has 1 atom stereocenters. The molecule has 0 amide bonds. The van der Waals surface area contributed by atoms with Crippen LogP contribution in [0.15, 0.2) is 36.5 Å². The quantitative estimate of drug-likeness (QED) is 0.0290. The molecule has 0 saturated heterocycles. The van der Waals surface area contributed by atoms with Crippen molar-refractivity contribution in [2.45, 2.75) is 187 Å². The number of phosphoric ester groups is 1. The Hall–Kier alpha value is -1.73. The molecule has 0 radical (unpaired) electrons. The summed E-state index contributed by atoms with van der Waals surface area (Å²) in [5, 5.41) is 0. The van der Waals surface area contributed by atoms with E-state index >= 15 is 0 Å². The minimum Gasteiger partial charge on any atom is -0.462 e. The standard InChI is InChI=1S/C39H71O8P/c1-3-5-7-9-11-13-15-17-19-21-23-25-27-29-31-33-38(40)45-35-37(36-46-48(42,43)44)47-39(41)34-32-30-28-26-24-22-20-18-16-14-12-10-8-6-4-2/h11,13,17,19,28,30,37H,3-10,12,14-16,18,20-27,29,31-36H2,1-2H3,(H2,42,43,44)/b13-11+,19-17+,30-28+/t37-/m1/s1. The van der Waals surface area contributed by atoms with E-state index in [0.29, 0.717) is 12.8 Å². The number of esters is 2. The lowest BCUT2D eigenvalue weighted by molar-refractivity contribution is -0.161. The van der Waals surface area contributed by atoms with Crippen molar-refractivity contribution in [3.05, 3.63) is 36.5 Å². The number of rotatable bonds is 35. The lowest BCUT2D eigenvalue weighted by atomic mass is 10.1. The van der Waals surface area contributed by atoms with E-state index in [0.717, 1.165) is 51.4 Å². The molecule has 0 aromatic heterocycles. The number of hydrogen-bond acceptors (Lipinski definition) is 6. The predicted octanol–water partition coefficient (Wildman–Crippen LogP) is 11.4. The first kappa shape index (κ1) is 46.3. The summed E-state index contributed by atoms with van der Waals surface area (Å²) in [6.45, 7) is 3.61. The van der Waals surface area contributed by atoms with Crippen molar-refractivity contribution in [3.8, 4) is 0 Å². The Labute approximate surface area is 293 Å². The second-order valence-electron chi connectivity index (χ2n) is 12.9. The van der Waals surface area contributed by atoms with Gasteiger partial charge in [0.2, 0.25) is 0 Å².